The van der Waals surface area contributed by atoms with Crippen LogP contribution in [0.25, 0.3) is 10.2 Å². The topological polar surface area (TPSA) is 50.3 Å². The van der Waals surface area contributed by atoms with Crippen molar-refractivity contribution < 1.29 is 8.42 Å². The number of rotatable bonds is 3. The minimum atomic E-state index is -3.44. The van der Waals surface area contributed by atoms with Gasteiger partial charge in [-0.05, 0) is 48.1 Å². The monoisotopic (exact) mass is 414 g/mol. The van der Waals surface area contributed by atoms with Gasteiger partial charge in [-0.1, -0.05) is 45.0 Å². The molecule has 4 rings (SSSR count). The van der Waals surface area contributed by atoms with Gasteiger partial charge < -0.3 is 0 Å². The van der Waals surface area contributed by atoms with Gasteiger partial charge in [0.05, 0.1) is 20.1 Å². The van der Waals surface area contributed by atoms with E-state index in [4.69, 9.17) is 4.98 Å². The largest absolute Gasteiger partial charge is 0.243 e. The molecule has 0 bridgehead atoms. The van der Waals surface area contributed by atoms with Gasteiger partial charge in [0, 0.05) is 19.0 Å². The van der Waals surface area contributed by atoms with Crippen LogP contribution >= 0.6 is 11.3 Å². The zero-order chi connectivity index (χ0) is 19.9. The smallest absolute Gasteiger partial charge is 0.241 e. The third-order valence-electron chi connectivity index (χ3n) is 5.47. The summed E-state index contributed by atoms with van der Waals surface area (Å²) in [6, 6.07) is 15.5. The highest BCUT2D eigenvalue weighted by molar-refractivity contribution is 7.89. The van der Waals surface area contributed by atoms with Gasteiger partial charge in [0.15, 0.2) is 0 Å². The molecule has 1 aliphatic heterocycles. The lowest BCUT2D eigenvalue weighted by atomic mass is 9.87. The van der Waals surface area contributed by atoms with Crippen LogP contribution in [-0.4, -0.2) is 30.8 Å². The van der Waals surface area contributed by atoms with Crippen LogP contribution in [0.5, 0.6) is 0 Å². The molecule has 6 heteroatoms. The molecule has 1 fully saturated rings. The summed E-state index contributed by atoms with van der Waals surface area (Å²) in [6.45, 7) is 7.48. The Morgan fingerprint density at radius 1 is 1.00 bits per heavy atom. The maximum Gasteiger partial charge on any atom is 0.243 e. The first-order valence-corrected chi connectivity index (χ1v) is 12.0. The Kier molecular flexibility index (Phi) is 5.06. The lowest BCUT2D eigenvalue weighted by Gasteiger charge is -2.30. The molecule has 28 heavy (non-hydrogen) atoms. The SMILES string of the molecule is CC(C)(C)c1ccc(S(=O)(=O)N2CCC(c3nc4ccccc4s3)CC2)cc1. The summed E-state index contributed by atoms with van der Waals surface area (Å²) < 4.78 is 28.9. The number of fused-ring (bicyclic) bond motifs is 1. The van der Waals surface area contributed by atoms with E-state index in [2.05, 4.69) is 26.8 Å². The van der Waals surface area contributed by atoms with E-state index in [1.165, 1.54) is 4.70 Å². The van der Waals surface area contributed by atoms with Gasteiger partial charge in [-0.25, -0.2) is 13.4 Å². The van der Waals surface area contributed by atoms with Crippen molar-refractivity contribution >= 4 is 31.6 Å². The van der Waals surface area contributed by atoms with E-state index in [1.54, 1.807) is 27.8 Å². The number of benzene rings is 2. The highest BCUT2D eigenvalue weighted by Crippen LogP contribution is 2.35. The van der Waals surface area contributed by atoms with Crippen molar-refractivity contribution in [3.8, 4) is 0 Å². The van der Waals surface area contributed by atoms with Gasteiger partial charge in [-0.2, -0.15) is 4.31 Å². The molecule has 0 atom stereocenters. The summed E-state index contributed by atoms with van der Waals surface area (Å²) in [5.74, 6) is 0.340. The van der Waals surface area contributed by atoms with Crippen molar-refractivity contribution in [3.05, 3.63) is 59.1 Å². The van der Waals surface area contributed by atoms with Gasteiger partial charge in [0.1, 0.15) is 0 Å². The summed E-state index contributed by atoms with van der Waals surface area (Å²) in [5.41, 5.74) is 2.19. The van der Waals surface area contributed by atoms with Crippen LogP contribution in [0.1, 0.15) is 50.1 Å². The Morgan fingerprint density at radius 3 is 2.25 bits per heavy atom. The number of nitrogens with zero attached hydrogens (tertiary/aromatic N) is 2. The minimum Gasteiger partial charge on any atom is -0.241 e. The number of aromatic nitrogens is 1. The summed E-state index contributed by atoms with van der Waals surface area (Å²) in [6.07, 6.45) is 1.64. The molecule has 0 amide bonds. The first-order valence-electron chi connectivity index (χ1n) is 9.71. The number of para-hydroxylation sites is 1. The number of hydrogen-bond donors (Lipinski definition) is 0. The fourth-order valence-corrected chi connectivity index (χ4v) is 6.29. The molecule has 4 nitrogen and oxygen atoms in total. The number of piperidine rings is 1. The zero-order valence-corrected chi connectivity index (χ0v) is 18.2. The van der Waals surface area contributed by atoms with Gasteiger partial charge in [0.25, 0.3) is 0 Å². The average molecular weight is 415 g/mol. The Hall–Kier alpha value is -1.76. The summed E-state index contributed by atoms with van der Waals surface area (Å²) in [4.78, 5) is 5.15. The van der Waals surface area contributed by atoms with E-state index in [-0.39, 0.29) is 5.41 Å². The third-order valence-corrected chi connectivity index (χ3v) is 8.58. The van der Waals surface area contributed by atoms with Crippen LogP contribution < -0.4 is 0 Å². The fraction of sp³-hybridized carbons (Fsp3) is 0.409. The van der Waals surface area contributed by atoms with Crippen LogP contribution in [0.2, 0.25) is 0 Å². The molecule has 1 aromatic heterocycles. The Labute approximate surface area is 171 Å². The molecule has 148 valence electrons. The molecular formula is C22H26N2O2S2. The van der Waals surface area contributed by atoms with Crippen LogP contribution in [-0.2, 0) is 15.4 Å². The summed E-state index contributed by atoms with van der Waals surface area (Å²) in [5, 5.41) is 1.13. The predicted molar refractivity (Wildman–Crippen MR) is 115 cm³/mol. The zero-order valence-electron chi connectivity index (χ0n) is 16.6. The van der Waals surface area contributed by atoms with Gasteiger partial charge >= 0.3 is 0 Å². The summed E-state index contributed by atoms with van der Waals surface area (Å²) in [7, 11) is -3.44. The highest BCUT2D eigenvalue weighted by Gasteiger charge is 2.31. The molecule has 0 radical (unpaired) electrons. The standard InChI is InChI=1S/C22H26N2O2S2/c1-22(2,3)17-8-10-18(11-9-17)28(25,26)24-14-12-16(13-15-24)21-23-19-6-4-5-7-20(19)27-21/h4-11,16H,12-15H2,1-3H3. The van der Waals surface area contributed by atoms with Crippen molar-refractivity contribution in [3.63, 3.8) is 0 Å². The molecule has 1 saturated heterocycles. The Balaban J connectivity index is 1.47. The predicted octanol–water partition coefficient (Wildman–Crippen LogP) is 5.16. The second kappa shape index (κ2) is 7.25. The second-order valence-corrected chi connectivity index (χ2v) is 11.5. The Bertz CT molecular complexity index is 1040. The maximum absolute atomic E-state index is 13.0. The molecule has 2 aromatic carbocycles. The lowest BCUT2D eigenvalue weighted by molar-refractivity contribution is 0.319. The van der Waals surface area contributed by atoms with Crippen LogP contribution in [0, 0.1) is 0 Å². The van der Waals surface area contributed by atoms with E-state index < -0.39 is 10.0 Å². The lowest BCUT2D eigenvalue weighted by Crippen LogP contribution is -2.37. The number of thiazole rings is 1. The normalized spacial score (nSPS) is 17.2. The van der Waals surface area contributed by atoms with Crippen molar-refractivity contribution in [2.24, 2.45) is 0 Å². The molecule has 0 spiro atoms. The second-order valence-electron chi connectivity index (χ2n) is 8.47. The number of hydrogen-bond acceptors (Lipinski definition) is 4. The molecule has 0 unspecified atom stereocenters. The first kappa shape index (κ1) is 19.6. The van der Waals surface area contributed by atoms with Gasteiger partial charge in [0.2, 0.25) is 10.0 Å². The van der Waals surface area contributed by atoms with Crippen molar-refractivity contribution in [1.82, 2.24) is 9.29 Å². The van der Waals surface area contributed by atoms with E-state index >= 15 is 0 Å². The van der Waals surface area contributed by atoms with Crippen molar-refractivity contribution in [2.75, 3.05) is 13.1 Å². The van der Waals surface area contributed by atoms with Gasteiger partial charge in [-0.3, -0.25) is 0 Å². The molecule has 0 saturated carbocycles. The molecule has 1 aliphatic rings. The maximum atomic E-state index is 13.0. The van der Waals surface area contributed by atoms with E-state index in [0.29, 0.717) is 23.9 Å². The first-order chi connectivity index (χ1) is 13.2. The van der Waals surface area contributed by atoms with E-state index in [1.807, 2.05) is 30.3 Å². The van der Waals surface area contributed by atoms with E-state index in [0.717, 1.165) is 28.9 Å². The fourth-order valence-electron chi connectivity index (χ4n) is 3.68. The average Bonchev–Trinajstić information content (AvgIpc) is 3.12. The Morgan fingerprint density at radius 2 is 1.64 bits per heavy atom. The molecule has 0 aliphatic carbocycles. The highest BCUT2D eigenvalue weighted by atomic mass is 32.2. The van der Waals surface area contributed by atoms with Crippen molar-refractivity contribution in [1.29, 1.82) is 0 Å². The molecule has 3 aromatic rings. The molecule has 2 heterocycles. The quantitative estimate of drug-likeness (QED) is 0.595. The molecular weight excluding hydrogens is 388 g/mol. The van der Waals surface area contributed by atoms with Gasteiger partial charge in [-0.15, -0.1) is 11.3 Å². The number of sulfonamides is 1. The van der Waals surface area contributed by atoms with Crippen LogP contribution in [0.4, 0.5) is 0 Å². The minimum absolute atomic E-state index is 0.0118. The van der Waals surface area contributed by atoms with Crippen LogP contribution in [0.3, 0.4) is 0 Å². The van der Waals surface area contributed by atoms with E-state index in [9.17, 15) is 8.42 Å². The third kappa shape index (κ3) is 3.73. The van der Waals surface area contributed by atoms with Crippen molar-refractivity contribution in [2.45, 2.75) is 49.8 Å². The summed E-state index contributed by atoms with van der Waals surface area (Å²) >= 11 is 1.73. The molecule has 0 N–H and O–H groups in total. The van der Waals surface area contributed by atoms with Crippen LogP contribution in [0.15, 0.2) is 53.4 Å².